The minimum Gasteiger partial charge on any atom is -0.492 e. The van der Waals surface area contributed by atoms with Crippen LogP contribution in [0.3, 0.4) is 0 Å². The van der Waals surface area contributed by atoms with Crippen LogP contribution in [0, 0.1) is 0 Å². The Hall–Kier alpha value is -2.33. The molecule has 0 atom stereocenters. The van der Waals surface area contributed by atoms with Gasteiger partial charge in [-0.3, -0.25) is 0 Å². The standard InChI is InChI=1S/C16H14ClN3O/c17-12-5-7-13(8-6-12)21-10-9-18-16-14-3-1-2-4-15(14)19-11-20-16/h1-8,11H,9-10H2,(H,18,19,20). The fraction of sp³-hybridized carbons (Fsp3) is 0.125. The van der Waals surface area contributed by atoms with Crippen molar-refractivity contribution in [3.63, 3.8) is 0 Å². The maximum Gasteiger partial charge on any atom is 0.137 e. The third-order valence-electron chi connectivity index (χ3n) is 3.02. The summed E-state index contributed by atoms with van der Waals surface area (Å²) in [6, 6.07) is 15.2. The zero-order valence-corrected chi connectivity index (χ0v) is 12.0. The number of rotatable bonds is 5. The van der Waals surface area contributed by atoms with Gasteiger partial charge >= 0.3 is 0 Å². The molecule has 5 heteroatoms. The van der Waals surface area contributed by atoms with Crippen LogP contribution >= 0.6 is 11.6 Å². The molecular weight excluding hydrogens is 286 g/mol. The van der Waals surface area contributed by atoms with Crippen molar-refractivity contribution >= 4 is 28.3 Å². The van der Waals surface area contributed by atoms with Crippen molar-refractivity contribution in [3.05, 3.63) is 59.9 Å². The van der Waals surface area contributed by atoms with Gasteiger partial charge in [0.05, 0.1) is 12.1 Å². The molecule has 4 nitrogen and oxygen atoms in total. The van der Waals surface area contributed by atoms with Gasteiger partial charge < -0.3 is 10.1 Å². The van der Waals surface area contributed by atoms with Gasteiger partial charge in [0.25, 0.3) is 0 Å². The van der Waals surface area contributed by atoms with Gasteiger partial charge in [-0.2, -0.15) is 0 Å². The molecule has 0 radical (unpaired) electrons. The molecule has 3 rings (SSSR count). The molecule has 0 saturated carbocycles. The molecular formula is C16H14ClN3O. The van der Waals surface area contributed by atoms with Crippen LogP contribution in [0.15, 0.2) is 54.9 Å². The topological polar surface area (TPSA) is 47.0 Å². The van der Waals surface area contributed by atoms with E-state index in [-0.39, 0.29) is 0 Å². The smallest absolute Gasteiger partial charge is 0.137 e. The van der Waals surface area contributed by atoms with E-state index < -0.39 is 0 Å². The Kier molecular flexibility index (Phi) is 4.17. The minimum atomic E-state index is 0.542. The average Bonchev–Trinajstić information content (AvgIpc) is 2.53. The molecule has 1 N–H and O–H groups in total. The molecule has 1 aromatic heterocycles. The number of hydrogen-bond acceptors (Lipinski definition) is 4. The number of halogens is 1. The number of nitrogens with one attached hydrogen (secondary N) is 1. The number of aromatic nitrogens is 2. The summed E-state index contributed by atoms with van der Waals surface area (Å²) in [5.74, 6) is 1.62. The molecule has 0 aliphatic carbocycles. The summed E-state index contributed by atoms with van der Waals surface area (Å²) in [6.45, 7) is 1.20. The van der Waals surface area contributed by atoms with Crippen LogP contribution in [0.5, 0.6) is 5.75 Å². The van der Waals surface area contributed by atoms with Gasteiger partial charge in [-0.05, 0) is 36.4 Å². The van der Waals surface area contributed by atoms with Gasteiger partial charge in [-0.15, -0.1) is 0 Å². The highest BCUT2D eigenvalue weighted by molar-refractivity contribution is 6.30. The summed E-state index contributed by atoms with van der Waals surface area (Å²) in [6.07, 6.45) is 1.56. The third kappa shape index (κ3) is 3.41. The molecule has 21 heavy (non-hydrogen) atoms. The molecule has 1 heterocycles. The number of fused-ring (bicyclic) bond motifs is 1. The van der Waals surface area contributed by atoms with Crippen molar-refractivity contribution in [2.24, 2.45) is 0 Å². The first-order valence-electron chi connectivity index (χ1n) is 6.65. The van der Waals surface area contributed by atoms with Gasteiger partial charge in [-0.1, -0.05) is 23.7 Å². The lowest BCUT2D eigenvalue weighted by Gasteiger charge is -2.09. The van der Waals surface area contributed by atoms with Crippen LogP contribution in [0.4, 0.5) is 5.82 Å². The SMILES string of the molecule is Clc1ccc(OCCNc2ncnc3ccccc23)cc1. The first-order chi connectivity index (χ1) is 10.3. The zero-order chi connectivity index (χ0) is 14.5. The van der Waals surface area contributed by atoms with E-state index in [4.69, 9.17) is 16.3 Å². The highest BCUT2D eigenvalue weighted by atomic mass is 35.5. The lowest BCUT2D eigenvalue weighted by atomic mass is 10.2. The van der Waals surface area contributed by atoms with Gasteiger partial charge in [0.1, 0.15) is 24.5 Å². The number of benzene rings is 2. The molecule has 2 aromatic carbocycles. The zero-order valence-electron chi connectivity index (χ0n) is 11.3. The Labute approximate surface area is 127 Å². The molecule has 3 aromatic rings. The van der Waals surface area contributed by atoms with Crippen molar-refractivity contribution in [2.75, 3.05) is 18.5 Å². The Morgan fingerprint density at radius 1 is 1.00 bits per heavy atom. The first-order valence-corrected chi connectivity index (χ1v) is 7.03. The molecule has 0 saturated heterocycles. The number of anilines is 1. The summed E-state index contributed by atoms with van der Waals surface area (Å²) >= 11 is 5.83. The third-order valence-corrected chi connectivity index (χ3v) is 3.27. The minimum absolute atomic E-state index is 0.542. The van der Waals surface area contributed by atoms with Gasteiger partial charge in [0.15, 0.2) is 0 Å². The Bertz CT molecular complexity index is 726. The van der Waals surface area contributed by atoms with Crippen LogP contribution in [0.2, 0.25) is 5.02 Å². The number of para-hydroxylation sites is 1. The van der Waals surface area contributed by atoms with Crippen molar-refractivity contribution < 1.29 is 4.74 Å². The summed E-state index contributed by atoms with van der Waals surface area (Å²) in [7, 11) is 0. The van der Waals surface area contributed by atoms with Crippen LogP contribution in [0.25, 0.3) is 10.9 Å². The predicted octanol–water partition coefficient (Wildman–Crippen LogP) is 3.77. The Morgan fingerprint density at radius 2 is 1.81 bits per heavy atom. The molecule has 0 aliphatic heterocycles. The molecule has 0 fully saturated rings. The van der Waals surface area contributed by atoms with Crippen LogP contribution < -0.4 is 10.1 Å². The van der Waals surface area contributed by atoms with E-state index in [1.807, 2.05) is 48.5 Å². The Morgan fingerprint density at radius 3 is 2.67 bits per heavy atom. The summed E-state index contributed by atoms with van der Waals surface area (Å²) in [5.41, 5.74) is 0.925. The number of nitrogens with zero attached hydrogens (tertiary/aromatic N) is 2. The van der Waals surface area contributed by atoms with Crippen molar-refractivity contribution in [2.45, 2.75) is 0 Å². The van der Waals surface area contributed by atoms with Crippen molar-refractivity contribution in [1.29, 1.82) is 0 Å². The maximum absolute atomic E-state index is 5.83. The number of ether oxygens (including phenoxy) is 1. The summed E-state index contributed by atoms with van der Waals surface area (Å²) < 4.78 is 5.63. The van der Waals surface area contributed by atoms with E-state index in [0.29, 0.717) is 18.2 Å². The lowest BCUT2D eigenvalue weighted by Crippen LogP contribution is -2.12. The van der Waals surface area contributed by atoms with Gasteiger partial charge in [0, 0.05) is 10.4 Å². The van der Waals surface area contributed by atoms with E-state index in [9.17, 15) is 0 Å². The normalized spacial score (nSPS) is 10.5. The lowest BCUT2D eigenvalue weighted by molar-refractivity contribution is 0.333. The van der Waals surface area contributed by atoms with Gasteiger partial charge in [-0.25, -0.2) is 9.97 Å². The largest absolute Gasteiger partial charge is 0.492 e. The first kappa shape index (κ1) is 13.6. The molecule has 106 valence electrons. The second kappa shape index (κ2) is 6.41. The van der Waals surface area contributed by atoms with E-state index >= 15 is 0 Å². The van der Waals surface area contributed by atoms with Crippen molar-refractivity contribution in [1.82, 2.24) is 9.97 Å². The van der Waals surface area contributed by atoms with Gasteiger partial charge in [0.2, 0.25) is 0 Å². The summed E-state index contributed by atoms with van der Waals surface area (Å²) in [4.78, 5) is 8.50. The van der Waals surface area contributed by atoms with E-state index in [1.54, 1.807) is 6.33 Å². The monoisotopic (exact) mass is 299 g/mol. The molecule has 0 unspecified atom stereocenters. The van der Waals surface area contributed by atoms with E-state index in [1.165, 1.54) is 0 Å². The van der Waals surface area contributed by atoms with E-state index in [0.717, 1.165) is 22.5 Å². The molecule has 0 aliphatic rings. The molecule has 0 spiro atoms. The van der Waals surface area contributed by atoms with Crippen LogP contribution in [-0.2, 0) is 0 Å². The average molecular weight is 300 g/mol. The van der Waals surface area contributed by atoms with Crippen LogP contribution in [0.1, 0.15) is 0 Å². The predicted molar refractivity (Wildman–Crippen MR) is 85.0 cm³/mol. The fourth-order valence-electron chi connectivity index (χ4n) is 2.01. The molecule has 0 amide bonds. The number of hydrogen-bond donors (Lipinski definition) is 1. The molecule has 0 bridgehead atoms. The van der Waals surface area contributed by atoms with Crippen molar-refractivity contribution in [3.8, 4) is 5.75 Å². The maximum atomic E-state index is 5.83. The van der Waals surface area contributed by atoms with E-state index in [2.05, 4.69) is 15.3 Å². The Balaban J connectivity index is 1.58. The summed E-state index contributed by atoms with van der Waals surface area (Å²) in [5, 5.41) is 4.97. The van der Waals surface area contributed by atoms with Crippen LogP contribution in [-0.4, -0.2) is 23.1 Å². The second-order valence-electron chi connectivity index (χ2n) is 4.47. The highest BCUT2D eigenvalue weighted by Gasteiger charge is 2.02. The quantitative estimate of drug-likeness (QED) is 0.728. The highest BCUT2D eigenvalue weighted by Crippen LogP contribution is 2.18. The fourth-order valence-corrected chi connectivity index (χ4v) is 2.14. The second-order valence-corrected chi connectivity index (χ2v) is 4.91.